The molecule has 0 bridgehead atoms. The summed E-state index contributed by atoms with van der Waals surface area (Å²) in [4.78, 5) is 10.5. The van der Waals surface area contributed by atoms with Gasteiger partial charge in [-0.05, 0) is 19.9 Å². The average Bonchev–Trinajstić information content (AvgIpc) is 2.15. The predicted molar refractivity (Wildman–Crippen MR) is 63.6 cm³/mol. The first-order valence-corrected chi connectivity index (χ1v) is 6.56. The van der Waals surface area contributed by atoms with E-state index in [-0.39, 0.29) is 6.04 Å². The summed E-state index contributed by atoms with van der Waals surface area (Å²) in [6.07, 6.45) is 3.45. The molecule has 15 heavy (non-hydrogen) atoms. The maximum Gasteiger partial charge on any atom is 0.225 e. The van der Waals surface area contributed by atoms with Gasteiger partial charge in [-0.1, -0.05) is 0 Å². The summed E-state index contributed by atoms with van der Waals surface area (Å²) in [6, 6.07) is 2.04. The molecule has 0 unspecified atom stereocenters. The summed E-state index contributed by atoms with van der Waals surface area (Å²) in [5.41, 5.74) is 0.941. The molecule has 1 rings (SSSR count). The van der Waals surface area contributed by atoms with Crippen molar-refractivity contribution < 1.29 is 4.21 Å². The molecule has 0 spiro atoms. The minimum atomic E-state index is -0.793. The first-order chi connectivity index (χ1) is 7.00. The van der Waals surface area contributed by atoms with Crippen LogP contribution < -0.4 is 4.90 Å². The third-order valence-electron chi connectivity index (χ3n) is 2.23. The molecule has 1 heterocycles. The number of anilines is 1. The van der Waals surface area contributed by atoms with Crippen molar-refractivity contribution in [1.82, 2.24) is 9.97 Å². The van der Waals surface area contributed by atoms with E-state index < -0.39 is 10.8 Å². The smallest absolute Gasteiger partial charge is 0.225 e. The molecule has 84 valence electrons. The Bertz CT molecular complexity index is 356. The Morgan fingerprint density at radius 3 is 2.80 bits per heavy atom. The van der Waals surface area contributed by atoms with Crippen molar-refractivity contribution in [2.24, 2.45) is 0 Å². The Hall–Kier alpha value is -0.970. The van der Waals surface area contributed by atoms with E-state index in [0.29, 0.717) is 11.7 Å². The lowest BCUT2D eigenvalue weighted by atomic mass is 10.3. The quantitative estimate of drug-likeness (QED) is 0.769. The van der Waals surface area contributed by atoms with Crippen LogP contribution >= 0.6 is 0 Å². The molecule has 0 saturated heterocycles. The largest absolute Gasteiger partial charge is 0.340 e. The van der Waals surface area contributed by atoms with E-state index >= 15 is 0 Å². The Morgan fingerprint density at radius 1 is 1.60 bits per heavy atom. The van der Waals surface area contributed by atoms with E-state index in [0.717, 1.165) is 5.69 Å². The van der Waals surface area contributed by atoms with Crippen LogP contribution in [0.1, 0.15) is 12.6 Å². The Morgan fingerprint density at radius 2 is 2.27 bits per heavy atom. The van der Waals surface area contributed by atoms with Gasteiger partial charge in [0, 0.05) is 47.8 Å². The summed E-state index contributed by atoms with van der Waals surface area (Å²) < 4.78 is 11.1. The van der Waals surface area contributed by atoms with Crippen molar-refractivity contribution in [3.05, 3.63) is 18.0 Å². The number of rotatable bonds is 4. The first kappa shape index (κ1) is 12.1. The Labute approximate surface area is 93.2 Å². The minimum absolute atomic E-state index is 0.178. The predicted octanol–water partition coefficient (Wildman–Crippen LogP) is 0.988. The SMILES string of the molecule is Cc1ccnc(N(C)[C@@H](C)C[S@](C)=O)n1. The van der Waals surface area contributed by atoms with Crippen LogP contribution in [0.25, 0.3) is 0 Å². The number of aryl methyl sites for hydroxylation is 1. The highest BCUT2D eigenvalue weighted by molar-refractivity contribution is 7.84. The van der Waals surface area contributed by atoms with Crippen LogP contribution in [-0.4, -0.2) is 39.3 Å². The first-order valence-electron chi connectivity index (χ1n) is 4.83. The van der Waals surface area contributed by atoms with Gasteiger partial charge in [-0.3, -0.25) is 4.21 Å². The number of aromatic nitrogens is 2. The van der Waals surface area contributed by atoms with Crippen LogP contribution in [-0.2, 0) is 10.8 Å². The maximum absolute atomic E-state index is 11.1. The summed E-state index contributed by atoms with van der Waals surface area (Å²) in [7, 11) is 1.13. The van der Waals surface area contributed by atoms with Crippen LogP contribution in [0.15, 0.2) is 12.3 Å². The van der Waals surface area contributed by atoms with Crippen LogP contribution in [0.5, 0.6) is 0 Å². The molecule has 0 N–H and O–H groups in total. The van der Waals surface area contributed by atoms with Gasteiger partial charge in [0.2, 0.25) is 5.95 Å². The van der Waals surface area contributed by atoms with Crippen molar-refractivity contribution >= 4 is 16.7 Å². The normalized spacial score (nSPS) is 14.7. The molecule has 4 nitrogen and oxygen atoms in total. The standard InChI is InChI=1S/C10H17N3OS/c1-8-5-6-11-10(12-8)13(3)9(2)7-15(4)14/h5-6,9H,7H2,1-4H3/t9-,15-/m0/s1. The van der Waals surface area contributed by atoms with E-state index in [1.165, 1.54) is 0 Å². The van der Waals surface area contributed by atoms with E-state index in [4.69, 9.17) is 0 Å². The highest BCUT2D eigenvalue weighted by Gasteiger charge is 2.13. The van der Waals surface area contributed by atoms with Gasteiger partial charge in [-0.25, -0.2) is 9.97 Å². The van der Waals surface area contributed by atoms with Gasteiger partial charge in [-0.2, -0.15) is 0 Å². The molecule has 0 aliphatic heterocycles. The molecule has 0 saturated carbocycles. The van der Waals surface area contributed by atoms with Crippen molar-refractivity contribution in [3.63, 3.8) is 0 Å². The second-order valence-electron chi connectivity index (χ2n) is 3.70. The van der Waals surface area contributed by atoms with Crippen LogP contribution in [0.4, 0.5) is 5.95 Å². The zero-order valence-electron chi connectivity index (χ0n) is 9.60. The minimum Gasteiger partial charge on any atom is -0.340 e. The molecule has 0 aliphatic rings. The number of hydrogen-bond donors (Lipinski definition) is 0. The molecule has 0 amide bonds. The summed E-state index contributed by atoms with van der Waals surface area (Å²) in [5, 5.41) is 0. The molecule has 0 fully saturated rings. The topological polar surface area (TPSA) is 46.1 Å². The van der Waals surface area contributed by atoms with Gasteiger partial charge in [0.25, 0.3) is 0 Å². The molecule has 0 radical (unpaired) electrons. The fourth-order valence-corrected chi connectivity index (χ4v) is 2.16. The number of nitrogens with zero attached hydrogens (tertiary/aromatic N) is 3. The second kappa shape index (κ2) is 5.21. The highest BCUT2D eigenvalue weighted by atomic mass is 32.2. The highest BCUT2D eigenvalue weighted by Crippen LogP contribution is 2.09. The molecular weight excluding hydrogens is 210 g/mol. The zero-order chi connectivity index (χ0) is 11.4. The van der Waals surface area contributed by atoms with E-state index in [1.54, 1.807) is 12.5 Å². The van der Waals surface area contributed by atoms with Gasteiger partial charge in [0.1, 0.15) is 0 Å². The van der Waals surface area contributed by atoms with E-state index in [9.17, 15) is 4.21 Å². The maximum atomic E-state index is 11.1. The van der Waals surface area contributed by atoms with Crippen LogP contribution in [0.2, 0.25) is 0 Å². The van der Waals surface area contributed by atoms with Gasteiger partial charge >= 0.3 is 0 Å². The van der Waals surface area contributed by atoms with E-state index in [2.05, 4.69) is 9.97 Å². The van der Waals surface area contributed by atoms with Gasteiger partial charge in [0.15, 0.2) is 0 Å². The number of hydrogen-bond acceptors (Lipinski definition) is 4. The molecule has 1 aromatic heterocycles. The fraction of sp³-hybridized carbons (Fsp3) is 0.600. The van der Waals surface area contributed by atoms with Gasteiger partial charge in [-0.15, -0.1) is 0 Å². The monoisotopic (exact) mass is 227 g/mol. The molecular formula is C10H17N3OS. The zero-order valence-corrected chi connectivity index (χ0v) is 10.4. The Balaban J connectivity index is 2.75. The third-order valence-corrected chi connectivity index (χ3v) is 3.19. The molecule has 2 atom stereocenters. The summed E-state index contributed by atoms with van der Waals surface area (Å²) in [6.45, 7) is 3.95. The molecule has 5 heteroatoms. The second-order valence-corrected chi connectivity index (χ2v) is 5.18. The lowest BCUT2D eigenvalue weighted by Crippen LogP contribution is -2.34. The van der Waals surface area contributed by atoms with Gasteiger partial charge in [0.05, 0.1) is 0 Å². The van der Waals surface area contributed by atoms with Crippen molar-refractivity contribution in [2.45, 2.75) is 19.9 Å². The third kappa shape index (κ3) is 3.58. The van der Waals surface area contributed by atoms with Crippen molar-refractivity contribution in [2.75, 3.05) is 24.0 Å². The average molecular weight is 227 g/mol. The Kier molecular flexibility index (Phi) is 4.20. The van der Waals surface area contributed by atoms with Gasteiger partial charge < -0.3 is 4.90 Å². The van der Waals surface area contributed by atoms with Crippen molar-refractivity contribution in [3.8, 4) is 0 Å². The lowest BCUT2D eigenvalue weighted by Gasteiger charge is -2.24. The molecule has 0 aliphatic carbocycles. The molecule has 1 aromatic rings. The summed E-state index contributed by atoms with van der Waals surface area (Å²) in [5.74, 6) is 1.32. The van der Waals surface area contributed by atoms with Crippen LogP contribution in [0.3, 0.4) is 0 Å². The fourth-order valence-electron chi connectivity index (χ4n) is 1.25. The van der Waals surface area contributed by atoms with Crippen LogP contribution in [0, 0.1) is 6.92 Å². The summed E-state index contributed by atoms with van der Waals surface area (Å²) >= 11 is 0. The van der Waals surface area contributed by atoms with Crippen molar-refractivity contribution in [1.29, 1.82) is 0 Å². The molecule has 0 aromatic carbocycles. The lowest BCUT2D eigenvalue weighted by molar-refractivity contribution is 0.671. The van der Waals surface area contributed by atoms with E-state index in [1.807, 2.05) is 31.9 Å².